The van der Waals surface area contributed by atoms with Crippen LogP contribution in [0.1, 0.15) is 39.2 Å². The molecule has 0 aliphatic heterocycles. The number of alkyl carbamates (subject to hydrolysis) is 1. The van der Waals surface area contributed by atoms with Gasteiger partial charge in [-0.2, -0.15) is 0 Å². The highest BCUT2D eigenvalue weighted by atomic mass is 35.5. The van der Waals surface area contributed by atoms with Crippen molar-refractivity contribution >= 4 is 30.3 Å². The van der Waals surface area contributed by atoms with Gasteiger partial charge in [-0.1, -0.05) is 17.7 Å². The summed E-state index contributed by atoms with van der Waals surface area (Å²) in [4.78, 5) is 11.9. The highest BCUT2D eigenvalue weighted by molar-refractivity contribution is 6.59. The Hall–Kier alpha value is -1.24. The number of nitrogens with one attached hydrogen (secondary N) is 1. The zero-order chi connectivity index (χ0) is 16.5. The smallest absolute Gasteiger partial charge is 0.444 e. The number of hydrogen-bond acceptors (Lipinski definition) is 4. The van der Waals surface area contributed by atoms with Crippen LogP contribution in [-0.4, -0.2) is 34.4 Å². The molecule has 22 heavy (non-hydrogen) atoms. The Bertz CT molecular complexity index is 567. The molecule has 0 atom stereocenters. The van der Waals surface area contributed by atoms with Gasteiger partial charge in [0, 0.05) is 10.6 Å². The molecule has 0 saturated heterocycles. The lowest BCUT2D eigenvalue weighted by Crippen LogP contribution is -2.43. The van der Waals surface area contributed by atoms with Gasteiger partial charge in [0.2, 0.25) is 0 Å². The van der Waals surface area contributed by atoms with Crippen LogP contribution in [0.3, 0.4) is 0 Å². The van der Waals surface area contributed by atoms with E-state index in [1.54, 1.807) is 12.1 Å². The first-order chi connectivity index (χ1) is 10.1. The van der Waals surface area contributed by atoms with E-state index in [1.807, 2.05) is 20.8 Å². The summed E-state index contributed by atoms with van der Waals surface area (Å²) < 4.78 is 5.28. The van der Waals surface area contributed by atoms with Crippen molar-refractivity contribution in [3.63, 3.8) is 0 Å². The Morgan fingerprint density at radius 3 is 2.55 bits per heavy atom. The van der Waals surface area contributed by atoms with Crippen LogP contribution in [0.4, 0.5) is 4.79 Å². The third kappa shape index (κ3) is 4.63. The van der Waals surface area contributed by atoms with E-state index in [9.17, 15) is 14.8 Å². The van der Waals surface area contributed by atoms with Gasteiger partial charge >= 0.3 is 13.2 Å². The molecule has 0 bridgehead atoms. The minimum atomic E-state index is -1.59. The van der Waals surface area contributed by atoms with Crippen molar-refractivity contribution in [2.75, 3.05) is 0 Å². The number of carbonyl (C=O) groups excluding carboxylic acids is 1. The Morgan fingerprint density at radius 1 is 1.41 bits per heavy atom. The van der Waals surface area contributed by atoms with Crippen LogP contribution in [0.15, 0.2) is 18.2 Å². The molecule has 1 aromatic carbocycles. The number of amides is 1. The molecule has 1 amide bonds. The quantitative estimate of drug-likeness (QED) is 0.735. The van der Waals surface area contributed by atoms with Crippen molar-refractivity contribution in [3.8, 4) is 0 Å². The Morgan fingerprint density at radius 2 is 2.05 bits per heavy atom. The maximum Gasteiger partial charge on any atom is 0.488 e. The van der Waals surface area contributed by atoms with Gasteiger partial charge in [-0.25, -0.2) is 4.79 Å². The summed E-state index contributed by atoms with van der Waals surface area (Å²) in [7, 11) is -1.59. The second-order valence-electron chi connectivity index (χ2n) is 6.80. The fourth-order valence-electron chi connectivity index (χ4n) is 2.35. The molecule has 2 rings (SSSR count). The molecule has 120 valence electrons. The molecule has 1 aliphatic rings. The Labute approximate surface area is 135 Å². The van der Waals surface area contributed by atoms with Crippen LogP contribution in [0.25, 0.3) is 0 Å². The van der Waals surface area contributed by atoms with Gasteiger partial charge in [0.25, 0.3) is 0 Å². The first kappa shape index (κ1) is 17.1. The third-order valence-corrected chi connectivity index (χ3v) is 3.77. The predicted molar refractivity (Wildman–Crippen MR) is 86.3 cm³/mol. The normalized spacial score (nSPS) is 16.1. The highest BCUT2D eigenvalue weighted by Crippen LogP contribution is 2.38. The molecule has 0 radical (unpaired) electrons. The molecule has 3 N–H and O–H groups in total. The molecule has 0 heterocycles. The average molecular weight is 326 g/mol. The summed E-state index contributed by atoms with van der Waals surface area (Å²) in [6.07, 6.45) is 1.72. The molecule has 0 aromatic heterocycles. The van der Waals surface area contributed by atoms with Gasteiger partial charge < -0.3 is 20.1 Å². The topological polar surface area (TPSA) is 78.8 Å². The first-order valence-corrected chi connectivity index (χ1v) is 7.64. The zero-order valence-corrected chi connectivity index (χ0v) is 13.8. The fraction of sp³-hybridized carbons (Fsp3) is 0.533. The molecule has 0 unspecified atom stereocenters. The standard InChI is InChI=1S/C15H21BClNO4/c1-14(2,3)22-13(19)18-15(6-7-15)9-10-4-5-11(17)8-12(10)16(20)21/h4-5,8,20-21H,6-7,9H2,1-3H3,(H,18,19). The number of carbonyl (C=O) groups is 1. The van der Waals surface area contributed by atoms with Crippen molar-refractivity contribution in [1.29, 1.82) is 0 Å². The summed E-state index contributed by atoms with van der Waals surface area (Å²) in [5, 5.41) is 22.3. The van der Waals surface area contributed by atoms with Gasteiger partial charge in [-0.05, 0) is 63.2 Å². The molecule has 1 fully saturated rings. The summed E-state index contributed by atoms with van der Waals surface area (Å²) in [6.45, 7) is 5.43. The molecule has 0 spiro atoms. The first-order valence-electron chi connectivity index (χ1n) is 7.26. The van der Waals surface area contributed by atoms with Gasteiger partial charge in [0.1, 0.15) is 5.60 Å². The number of ether oxygens (including phenoxy) is 1. The monoisotopic (exact) mass is 325 g/mol. The van der Waals surface area contributed by atoms with Crippen LogP contribution in [0.2, 0.25) is 5.02 Å². The molecule has 1 aromatic rings. The molecule has 7 heteroatoms. The second-order valence-corrected chi connectivity index (χ2v) is 7.24. The Balaban J connectivity index is 2.09. The van der Waals surface area contributed by atoms with E-state index in [1.165, 1.54) is 6.07 Å². The van der Waals surface area contributed by atoms with Crippen LogP contribution < -0.4 is 10.8 Å². The largest absolute Gasteiger partial charge is 0.488 e. The highest BCUT2D eigenvalue weighted by Gasteiger charge is 2.45. The van der Waals surface area contributed by atoms with Crippen molar-refractivity contribution in [1.82, 2.24) is 5.32 Å². The summed E-state index contributed by atoms with van der Waals surface area (Å²) in [6, 6.07) is 4.99. The maximum absolute atomic E-state index is 11.9. The average Bonchev–Trinajstić information content (AvgIpc) is 3.08. The van der Waals surface area contributed by atoms with Crippen LogP contribution in [-0.2, 0) is 11.2 Å². The van der Waals surface area contributed by atoms with E-state index in [0.717, 1.165) is 18.4 Å². The van der Waals surface area contributed by atoms with E-state index in [0.29, 0.717) is 16.9 Å². The minimum absolute atomic E-state index is 0.366. The predicted octanol–water partition coefficient (Wildman–Crippen LogP) is 1.62. The summed E-state index contributed by atoms with van der Waals surface area (Å²) in [5.41, 5.74) is 0.199. The zero-order valence-electron chi connectivity index (χ0n) is 13.0. The number of benzene rings is 1. The third-order valence-electron chi connectivity index (χ3n) is 3.53. The molecule has 1 saturated carbocycles. The van der Waals surface area contributed by atoms with E-state index >= 15 is 0 Å². The molecular weight excluding hydrogens is 304 g/mol. The lowest BCUT2D eigenvalue weighted by molar-refractivity contribution is 0.0496. The van der Waals surface area contributed by atoms with Gasteiger partial charge in [0.05, 0.1) is 0 Å². The van der Waals surface area contributed by atoms with Crippen LogP contribution in [0.5, 0.6) is 0 Å². The lowest BCUT2D eigenvalue weighted by atomic mass is 9.75. The molecular formula is C15H21BClNO4. The number of halogens is 1. The van der Waals surface area contributed by atoms with Crippen molar-refractivity contribution in [2.45, 2.75) is 51.2 Å². The lowest BCUT2D eigenvalue weighted by Gasteiger charge is -2.24. The number of hydrogen-bond donors (Lipinski definition) is 3. The molecule has 1 aliphatic carbocycles. The van der Waals surface area contributed by atoms with Crippen molar-refractivity contribution in [3.05, 3.63) is 28.8 Å². The maximum atomic E-state index is 11.9. The van der Waals surface area contributed by atoms with Crippen molar-refractivity contribution in [2.24, 2.45) is 0 Å². The van der Waals surface area contributed by atoms with Gasteiger partial charge in [-0.15, -0.1) is 0 Å². The van der Waals surface area contributed by atoms with E-state index < -0.39 is 18.8 Å². The van der Waals surface area contributed by atoms with Crippen molar-refractivity contribution < 1.29 is 19.6 Å². The summed E-state index contributed by atoms with van der Waals surface area (Å²) >= 11 is 5.89. The van der Waals surface area contributed by atoms with Gasteiger partial charge in [0.15, 0.2) is 0 Å². The fourth-order valence-corrected chi connectivity index (χ4v) is 2.53. The number of rotatable bonds is 4. The summed E-state index contributed by atoms with van der Waals surface area (Å²) in [5.74, 6) is 0. The van der Waals surface area contributed by atoms with Crippen LogP contribution in [0, 0.1) is 0 Å². The van der Waals surface area contributed by atoms with E-state index in [4.69, 9.17) is 16.3 Å². The second kappa shape index (κ2) is 6.10. The molecule has 5 nitrogen and oxygen atoms in total. The van der Waals surface area contributed by atoms with Crippen LogP contribution >= 0.6 is 11.6 Å². The Kier molecular flexibility index (Phi) is 4.75. The van der Waals surface area contributed by atoms with Gasteiger partial charge in [-0.3, -0.25) is 0 Å². The van der Waals surface area contributed by atoms with E-state index in [-0.39, 0.29) is 5.54 Å². The minimum Gasteiger partial charge on any atom is -0.444 e. The van der Waals surface area contributed by atoms with E-state index in [2.05, 4.69) is 5.32 Å². The SMILES string of the molecule is CC(C)(C)OC(=O)NC1(Cc2ccc(Cl)cc2B(O)O)CC1.